The molecule has 1 aliphatic rings. The van der Waals surface area contributed by atoms with Gasteiger partial charge >= 0.3 is 0 Å². The van der Waals surface area contributed by atoms with Crippen molar-refractivity contribution in [2.75, 3.05) is 20.1 Å². The van der Waals surface area contributed by atoms with Crippen LogP contribution in [0.15, 0.2) is 23.2 Å². The minimum absolute atomic E-state index is 0.0542. The highest BCUT2D eigenvalue weighted by Crippen LogP contribution is 2.18. The van der Waals surface area contributed by atoms with Gasteiger partial charge in [0, 0.05) is 18.8 Å². The Morgan fingerprint density at radius 3 is 2.76 bits per heavy atom. The van der Waals surface area contributed by atoms with Crippen LogP contribution in [-0.2, 0) is 10.0 Å². The van der Waals surface area contributed by atoms with Crippen LogP contribution in [0.25, 0.3) is 0 Å². The number of nitrogens with one attached hydrogen (secondary N) is 1. The molecule has 1 saturated heterocycles. The summed E-state index contributed by atoms with van der Waals surface area (Å²) >= 11 is 4.80. The van der Waals surface area contributed by atoms with Gasteiger partial charge in [0.1, 0.15) is 9.88 Å². The van der Waals surface area contributed by atoms with E-state index in [0.29, 0.717) is 5.69 Å². The van der Waals surface area contributed by atoms with E-state index < -0.39 is 10.0 Å². The van der Waals surface area contributed by atoms with Crippen molar-refractivity contribution < 1.29 is 8.42 Å². The molecule has 6 nitrogen and oxygen atoms in total. The maximum atomic E-state index is 12.4. The molecule has 0 radical (unpaired) electrons. The first-order chi connectivity index (χ1) is 9.79. The third kappa shape index (κ3) is 3.97. The highest BCUT2D eigenvalue weighted by atomic mass is 32.2. The number of hydrogen-bond acceptors (Lipinski definition) is 5. The average Bonchev–Trinajstić information content (AvgIpc) is 2.42. The molecule has 116 valence electrons. The molecule has 2 rings (SSSR count). The second-order valence-electron chi connectivity index (χ2n) is 5.50. The van der Waals surface area contributed by atoms with Crippen LogP contribution in [0.2, 0.25) is 0 Å². The zero-order chi connectivity index (χ0) is 15.6. The molecule has 0 spiro atoms. The largest absolute Gasteiger partial charge is 0.388 e. The quantitative estimate of drug-likeness (QED) is 0.775. The number of likely N-dealkylation sites (tertiary alicyclic amines) is 1. The van der Waals surface area contributed by atoms with Gasteiger partial charge in [-0.25, -0.2) is 13.1 Å². The summed E-state index contributed by atoms with van der Waals surface area (Å²) < 4.78 is 27.5. The fraction of sp³-hybridized carbons (Fsp3) is 0.538. The maximum absolute atomic E-state index is 12.4. The first kappa shape index (κ1) is 16.3. The number of piperidine rings is 1. The molecule has 0 amide bonds. The first-order valence-electron chi connectivity index (χ1n) is 6.76. The van der Waals surface area contributed by atoms with Crippen LogP contribution in [0.5, 0.6) is 0 Å². The predicted molar refractivity (Wildman–Crippen MR) is 85.5 cm³/mol. The van der Waals surface area contributed by atoms with Crippen molar-refractivity contribution in [2.24, 2.45) is 11.7 Å². The molecule has 2 atom stereocenters. The fourth-order valence-electron chi connectivity index (χ4n) is 2.48. The number of pyridine rings is 1. The number of hydrogen-bond donors (Lipinski definition) is 2. The van der Waals surface area contributed by atoms with E-state index in [1.165, 1.54) is 18.3 Å². The summed E-state index contributed by atoms with van der Waals surface area (Å²) in [5, 5.41) is 0. The van der Waals surface area contributed by atoms with Crippen LogP contribution in [0.1, 0.15) is 19.0 Å². The topological polar surface area (TPSA) is 88.3 Å². The van der Waals surface area contributed by atoms with E-state index in [2.05, 4.69) is 21.5 Å². The second-order valence-corrected chi connectivity index (χ2v) is 7.65. The van der Waals surface area contributed by atoms with E-state index in [4.69, 9.17) is 18.0 Å². The normalized spacial score (nSPS) is 23.9. The number of aromatic nitrogens is 1. The molecule has 1 aromatic heterocycles. The monoisotopic (exact) mass is 328 g/mol. The molecule has 0 bridgehead atoms. The van der Waals surface area contributed by atoms with E-state index in [1.807, 2.05) is 7.05 Å². The number of nitrogens with zero attached hydrogens (tertiary/aromatic N) is 2. The summed E-state index contributed by atoms with van der Waals surface area (Å²) in [5.74, 6) is 0.266. The molecule has 0 aromatic carbocycles. The number of thiocarbonyl (C=S) groups is 1. The molecule has 3 N–H and O–H groups in total. The van der Waals surface area contributed by atoms with Crippen molar-refractivity contribution >= 4 is 27.2 Å². The van der Waals surface area contributed by atoms with Gasteiger partial charge in [0.2, 0.25) is 10.0 Å². The van der Waals surface area contributed by atoms with E-state index in [0.717, 1.165) is 19.5 Å². The highest BCUT2D eigenvalue weighted by Gasteiger charge is 2.28. The Bertz CT molecular complexity index is 616. The molecule has 21 heavy (non-hydrogen) atoms. The molecule has 0 aliphatic carbocycles. The lowest BCUT2D eigenvalue weighted by atomic mass is 9.95. The molecule has 1 fully saturated rings. The third-order valence-electron chi connectivity index (χ3n) is 3.71. The van der Waals surface area contributed by atoms with Crippen molar-refractivity contribution in [1.82, 2.24) is 14.6 Å². The summed E-state index contributed by atoms with van der Waals surface area (Å²) in [6.45, 7) is 3.82. The Morgan fingerprint density at radius 1 is 1.52 bits per heavy atom. The standard InChI is InChI=1S/C13H20N4O2S2/c1-9-8-17(2)6-5-11(9)16-21(18,19)10-3-4-12(13(14)20)15-7-10/h3-4,7,9,11,16H,5-6,8H2,1-2H3,(H2,14,20). The van der Waals surface area contributed by atoms with Gasteiger partial charge in [0.05, 0.1) is 5.69 Å². The molecule has 8 heteroatoms. The van der Waals surface area contributed by atoms with Crippen LogP contribution >= 0.6 is 12.2 Å². The summed E-state index contributed by atoms with van der Waals surface area (Å²) in [6, 6.07) is 2.94. The van der Waals surface area contributed by atoms with E-state index in [-0.39, 0.29) is 21.8 Å². The Hall–Kier alpha value is -1.09. The van der Waals surface area contributed by atoms with E-state index in [9.17, 15) is 8.42 Å². The third-order valence-corrected chi connectivity index (χ3v) is 5.40. The van der Waals surface area contributed by atoms with Crippen LogP contribution in [0, 0.1) is 5.92 Å². The van der Waals surface area contributed by atoms with Gasteiger partial charge in [-0.05, 0) is 38.1 Å². The molecular weight excluding hydrogens is 308 g/mol. The van der Waals surface area contributed by atoms with Crippen LogP contribution < -0.4 is 10.5 Å². The minimum Gasteiger partial charge on any atom is -0.388 e. The summed E-state index contributed by atoms with van der Waals surface area (Å²) in [4.78, 5) is 6.46. The molecule has 2 heterocycles. The molecule has 2 unspecified atom stereocenters. The van der Waals surface area contributed by atoms with Crippen molar-refractivity contribution in [3.63, 3.8) is 0 Å². The molecule has 1 aromatic rings. The summed E-state index contributed by atoms with van der Waals surface area (Å²) in [5.41, 5.74) is 5.87. The number of sulfonamides is 1. The van der Waals surface area contributed by atoms with Gasteiger partial charge in [-0.1, -0.05) is 19.1 Å². The lowest BCUT2D eigenvalue weighted by molar-refractivity contribution is 0.188. The van der Waals surface area contributed by atoms with Crippen molar-refractivity contribution in [3.8, 4) is 0 Å². The smallest absolute Gasteiger partial charge is 0.242 e. The van der Waals surface area contributed by atoms with Crippen LogP contribution in [0.3, 0.4) is 0 Å². The Kier molecular flexibility index (Phi) is 4.92. The SMILES string of the molecule is CC1CN(C)CCC1NS(=O)(=O)c1ccc(C(N)=S)nc1. The van der Waals surface area contributed by atoms with Gasteiger partial charge in [-0.3, -0.25) is 4.98 Å². The van der Waals surface area contributed by atoms with Gasteiger partial charge in [0.25, 0.3) is 0 Å². The predicted octanol–water partition coefficient (Wildman–Crippen LogP) is 0.334. The highest BCUT2D eigenvalue weighted by molar-refractivity contribution is 7.89. The zero-order valence-electron chi connectivity index (χ0n) is 12.1. The molecule has 0 saturated carbocycles. The van der Waals surface area contributed by atoms with Gasteiger partial charge in [-0.15, -0.1) is 0 Å². The molecule has 1 aliphatic heterocycles. The molecular formula is C13H20N4O2S2. The maximum Gasteiger partial charge on any atom is 0.242 e. The average molecular weight is 328 g/mol. The van der Waals surface area contributed by atoms with E-state index >= 15 is 0 Å². The van der Waals surface area contributed by atoms with Gasteiger partial charge in [0.15, 0.2) is 0 Å². The van der Waals surface area contributed by atoms with Gasteiger partial charge in [-0.2, -0.15) is 0 Å². The Labute approximate surface area is 130 Å². The number of rotatable bonds is 4. The van der Waals surface area contributed by atoms with Crippen molar-refractivity contribution in [1.29, 1.82) is 0 Å². The summed E-state index contributed by atoms with van der Waals surface area (Å²) in [6.07, 6.45) is 2.09. The Morgan fingerprint density at radius 2 is 2.24 bits per heavy atom. The van der Waals surface area contributed by atoms with Crippen molar-refractivity contribution in [3.05, 3.63) is 24.0 Å². The van der Waals surface area contributed by atoms with E-state index in [1.54, 1.807) is 0 Å². The fourth-order valence-corrected chi connectivity index (χ4v) is 3.93. The van der Waals surface area contributed by atoms with Crippen LogP contribution in [0.4, 0.5) is 0 Å². The first-order valence-corrected chi connectivity index (χ1v) is 8.65. The van der Waals surface area contributed by atoms with Crippen molar-refractivity contribution in [2.45, 2.75) is 24.3 Å². The lowest BCUT2D eigenvalue weighted by Gasteiger charge is -2.34. The zero-order valence-corrected chi connectivity index (χ0v) is 13.7. The van der Waals surface area contributed by atoms with Gasteiger partial charge < -0.3 is 10.6 Å². The Balaban J connectivity index is 2.13. The lowest BCUT2D eigenvalue weighted by Crippen LogP contribution is -2.48. The summed E-state index contributed by atoms with van der Waals surface area (Å²) in [7, 11) is -1.53. The number of nitrogens with two attached hydrogens (primary N) is 1. The van der Waals surface area contributed by atoms with Crippen LogP contribution in [-0.4, -0.2) is 49.5 Å². The second kappa shape index (κ2) is 6.35. The minimum atomic E-state index is -3.57.